The molecule has 0 aliphatic carbocycles. The number of halogens is 2. The summed E-state index contributed by atoms with van der Waals surface area (Å²) in [5, 5.41) is 8.66. The Morgan fingerprint density at radius 3 is 2.12 bits per heavy atom. The molecule has 0 amide bonds. The minimum atomic E-state index is -4.47. The highest BCUT2D eigenvalue weighted by Gasteiger charge is 2.34. The van der Waals surface area contributed by atoms with Crippen molar-refractivity contribution in [1.82, 2.24) is 9.21 Å². The lowest BCUT2D eigenvalue weighted by atomic mass is 10.2. The zero-order valence-electron chi connectivity index (χ0n) is 8.81. The van der Waals surface area contributed by atoms with E-state index in [-0.39, 0.29) is 19.1 Å². The van der Waals surface area contributed by atoms with Crippen molar-refractivity contribution in [3.8, 4) is 6.07 Å². The molecule has 0 bridgehead atoms. The molecule has 0 N–H and O–H groups in total. The second-order valence-corrected chi connectivity index (χ2v) is 5.45. The highest BCUT2D eigenvalue weighted by atomic mass is 32.2. The Bertz CT molecular complexity index is 371. The zero-order valence-corrected chi connectivity index (χ0v) is 9.62. The predicted molar refractivity (Wildman–Crippen MR) is 53.1 cm³/mol. The van der Waals surface area contributed by atoms with E-state index >= 15 is 0 Å². The highest BCUT2D eigenvalue weighted by Crippen LogP contribution is 2.15. The quantitative estimate of drug-likeness (QED) is 0.714. The Labute approximate surface area is 93.3 Å². The van der Waals surface area contributed by atoms with Crippen LogP contribution in [0.3, 0.4) is 0 Å². The van der Waals surface area contributed by atoms with Gasteiger partial charge in [0.15, 0.2) is 0 Å². The lowest BCUT2D eigenvalue weighted by Crippen LogP contribution is -2.52. The molecule has 0 aromatic carbocycles. The predicted octanol–water partition coefficient (Wildman–Crippen LogP) is 0.0685. The second kappa shape index (κ2) is 5.03. The van der Waals surface area contributed by atoms with Gasteiger partial charge in [-0.15, -0.1) is 0 Å². The van der Waals surface area contributed by atoms with Gasteiger partial charge in [-0.2, -0.15) is 18.3 Å². The summed E-state index contributed by atoms with van der Waals surface area (Å²) in [5.41, 5.74) is 0. The number of piperazine rings is 1. The van der Waals surface area contributed by atoms with Crippen molar-refractivity contribution in [1.29, 1.82) is 5.26 Å². The van der Waals surface area contributed by atoms with E-state index in [2.05, 4.69) is 0 Å². The summed E-state index contributed by atoms with van der Waals surface area (Å²) in [5.74, 6) is -3.37. The molecule has 0 saturated carbocycles. The first-order valence-electron chi connectivity index (χ1n) is 4.80. The fraction of sp³-hybridized carbons (Fsp3) is 0.875. The van der Waals surface area contributed by atoms with E-state index in [1.54, 1.807) is 11.8 Å². The number of hydrogen-bond donors (Lipinski definition) is 0. The van der Waals surface area contributed by atoms with E-state index in [4.69, 9.17) is 5.26 Å². The van der Waals surface area contributed by atoms with Crippen molar-refractivity contribution in [3.63, 3.8) is 0 Å². The molecule has 1 fully saturated rings. The van der Waals surface area contributed by atoms with Gasteiger partial charge in [-0.05, 0) is 6.92 Å². The van der Waals surface area contributed by atoms with Crippen LogP contribution in [0.25, 0.3) is 0 Å². The van der Waals surface area contributed by atoms with Crippen LogP contribution in [0.2, 0.25) is 0 Å². The SMILES string of the molecule is CC(C#N)N1CCN(S(=O)(=O)C(F)F)CC1. The summed E-state index contributed by atoms with van der Waals surface area (Å²) in [7, 11) is -4.47. The fourth-order valence-electron chi connectivity index (χ4n) is 1.54. The summed E-state index contributed by atoms with van der Waals surface area (Å²) in [6.45, 7) is 2.33. The molecule has 1 saturated heterocycles. The topological polar surface area (TPSA) is 64.4 Å². The fourth-order valence-corrected chi connectivity index (χ4v) is 2.44. The van der Waals surface area contributed by atoms with Gasteiger partial charge in [-0.25, -0.2) is 8.42 Å². The van der Waals surface area contributed by atoms with Crippen LogP contribution >= 0.6 is 0 Å². The van der Waals surface area contributed by atoms with Crippen LogP contribution in [0, 0.1) is 11.3 Å². The molecule has 5 nitrogen and oxygen atoms in total. The molecule has 0 radical (unpaired) electrons. The highest BCUT2D eigenvalue weighted by molar-refractivity contribution is 7.89. The summed E-state index contributed by atoms with van der Waals surface area (Å²) in [6, 6.07) is 1.70. The van der Waals surface area contributed by atoms with E-state index < -0.39 is 15.8 Å². The average molecular weight is 253 g/mol. The van der Waals surface area contributed by atoms with Crippen LogP contribution in [0.4, 0.5) is 8.78 Å². The van der Waals surface area contributed by atoms with Gasteiger partial charge in [0.1, 0.15) is 0 Å². The Morgan fingerprint density at radius 2 is 1.75 bits per heavy atom. The van der Waals surface area contributed by atoms with E-state index in [1.807, 2.05) is 6.07 Å². The lowest BCUT2D eigenvalue weighted by molar-refractivity contribution is 0.156. The van der Waals surface area contributed by atoms with Crippen LogP contribution in [0.1, 0.15) is 6.92 Å². The van der Waals surface area contributed by atoms with Gasteiger partial charge in [0.05, 0.1) is 12.1 Å². The summed E-state index contributed by atoms with van der Waals surface area (Å²) < 4.78 is 47.5. The Morgan fingerprint density at radius 1 is 1.25 bits per heavy atom. The number of rotatable bonds is 3. The van der Waals surface area contributed by atoms with E-state index in [9.17, 15) is 17.2 Å². The Hall–Kier alpha value is -0.780. The first-order valence-corrected chi connectivity index (χ1v) is 6.30. The molecule has 1 rings (SSSR count). The largest absolute Gasteiger partial charge is 0.350 e. The van der Waals surface area contributed by atoms with Gasteiger partial charge in [0.25, 0.3) is 10.0 Å². The first kappa shape index (κ1) is 13.3. The van der Waals surface area contributed by atoms with E-state index in [0.29, 0.717) is 13.1 Å². The molecule has 92 valence electrons. The van der Waals surface area contributed by atoms with Gasteiger partial charge >= 0.3 is 5.76 Å². The maximum atomic E-state index is 12.2. The van der Waals surface area contributed by atoms with Crippen molar-refractivity contribution in [3.05, 3.63) is 0 Å². The van der Waals surface area contributed by atoms with Crippen LogP contribution < -0.4 is 0 Å². The standard InChI is InChI=1S/C8H13F2N3O2S/c1-7(6-11)12-2-4-13(5-3-12)16(14,15)8(9)10/h7-8H,2-5H2,1H3. The second-order valence-electron chi connectivity index (χ2n) is 3.55. The third-order valence-corrected chi connectivity index (χ3v) is 4.13. The van der Waals surface area contributed by atoms with Gasteiger partial charge in [0.2, 0.25) is 0 Å². The Balaban J connectivity index is 2.60. The summed E-state index contributed by atoms with van der Waals surface area (Å²) in [6.07, 6.45) is 0. The van der Waals surface area contributed by atoms with Gasteiger partial charge in [0, 0.05) is 26.2 Å². The number of alkyl halides is 2. The van der Waals surface area contributed by atoms with Crippen LogP contribution in [0.15, 0.2) is 0 Å². The van der Waals surface area contributed by atoms with Crippen molar-refractivity contribution < 1.29 is 17.2 Å². The molecule has 1 heterocycles. The molecular weight excluding hydrogens is 240 g/mol. The monoisotopic (exact) mass is 253 g/mol. The van der Waals surface area contributed by atoms with E-state index in [0.717, 1.165) is 4.31 Å². The number of nitrogens with zero attached hydrogens (tertiary/aromatic N) is 3. The molecule has 8 heteroatoms. The van der Waals surface area contributed by atoms with Crippen LogP contribution in [-0.2, 0) is 10.0 Å². The molecule has 1 aliphatic rings. The number of hydrogen-bond acceptors (Lipinski definition) is 4. The first-order chi connectivity index (χ1) is 7.39. The number of nitriles is 1. The third kappa shape index (κ3) is 2.66. The molecule has 1 aliphatic heterocycles. The molecule has 1 unspecified atom stereocenters. The van der Waals surface area contributed by atoms with Crippen LogP contribution in [0.5, 0.6) is 0 Å². The molecule has 0 aromatic rings. The van der Waals surface area contributed by atoms with Crippen molar-refractivity contribution in [2.45, 2.75) is 18.7 Å². The van der Waals surface area contributed by atoms with Crippen molar-refractivity contribution in [2.75, 3.05) is 26.2 Å². The molecule has 0 aromatic heterocycles. The molecule has 1 atom stereocenters. The number of sulfonamides is 1. The molecule has 0 spiro atoms. The molecule has 16 heavy (non-hydrogen) atoms. The lowest BCUT2D eigenvalue weighted by Gasteiger charge is -2.34. The summed E-state index contributed by atoms with van der Waals surface area (Å²) in [4.78, 5) is 1.76. The van der Waals surface area contributed by atoms with Gasteiger partial charge in [-0.1, -0.05) is 0 Å². The van der Waals surface area contributed by atoms with Crippen molar-refractivity contribution in [2.24, 2.45) is 0 Å². The molecular formula is C8H13F2N3O2S. The Kier molecular flexibility index (Phi) is 4.18. The van der Waals surface area contributed by atoms with E-state index in [1.165, 1.54) is 0 Å². The maximum Gasteiger partial charge on any atom is 0.350 e. The summed E-state index contributed by atoms with van der Waals surface area (Å²) >= 11 is 0. The minimum absolute atomic E-state index is 0.0126. The third-order valence-electron chi connectivity index (χ3n) is 2.59. The average Bonchev–Trinajstić information content (AvgIpc) is 2.28. The zero-order chi connectivity index (χ0) is 12.3. The minimum Gasteiger partial charge on any atom is -0.286 e. The normalized spacial score (nSPS) is 21.9. The van der Waals surface area contributed by atoms with Gasteiger partial charge < -0.3 is 0 Å². The van der Waals surface area contributed by atoms with Crippen LogP contribution in [-0.4, -0.2) is 55.6 Å². The maximum absolute atomic E-state index is 12.2. The van der Waals surface area contributed by atoms with Crippen molar-refractivity contribution >= 4 is 10.0 Å². The van der Waals surface area contributed by atoms with Gasteiger partial charge in [-0.3, -0.25) is 4.90 Å². The smallest absolute Gasteiger partial charge is 0.286 e.